The number of furan rings is 1. The molecule has 3 N–H and O–H groups in total. The average Bonchev–Trinajstić information content (AvgIpc) is 3.35. The lowest BCUT2D eigenvalue weighted by molar-refractivity contribution is -0.111. The van der Waals surface area contributed by atoms with Crippen LogP contribution in [0.5, 0.6) is 11.5 Å². The van der Waals surface area contributed by atoms with Gasteiger partial charge >= 0.3 is 6.03 Å². The Labute approximate surface area is 202 Å². The predicted molar refractivity (Wildman–Crippen MR) is 132 cm³/mol. The van der Waals surface area contributed by atoms with Crippen molar-refractivity contribution in [1.82, 2.24) is 5.32 Å². The molecule has 1 aromatic heterocycles. The molecule has 1 heterocycles. The smallest absolute Gasteiger partial charge is 0.319 e. The van der Waals surface area contributed by atoms with Gasteiger partial charge in [-0.15, -0.1) is 0 Å². The monoisotopic (exact) mass is 483 g/mol. The largest absolute Gasteiger partial charge is 0.493 e. The Bertz CT molecular complexity index is 1130. The van der Waals surface area contributed by atoms with Gasteiger partial charge < -0.3 is 29.8 Å². The maximum atomic E-state index is 12.3. The molecular weight excluding hydrogens is 458 g/mol. The van der Waals surface area contributed by atoms with E-state index in [4.69, 9.17) is 25.5 Å². The molecule has 0 atom stereocenters. The molecule has 0 fully saturated rings. The minimum Gasteiger partial charge on any atom is -0.493 e. The highest BCUT2D eigenvalue weighted by molar-refractivity contribution is 6.32. The van der Waals surface area contributed by atoms with Gasteiger partial charge in [-0.2, -0.15) is 0 Å². The minimum atomic E-state index is -0.365. The van der Waals surface area contributed by atoms with Gasteiger partial charge in [-0.05, 0) is 66.6 Å². The summed E-state index contributed by atoms with van der Waals surface area (Å²) < 4.78 is 16.2. The molecule has 34 heavy (non-hydrogen) atoms. The van der Waals surface area contributed by atoms with Crippen molar-refractivity contribution in [3.8, 4) is 11.5 Å². The van der Waals surface area contributed by atoms with Gasteiger partial charge in [0.1, 0.15) is 5.76 Å². The average molecular weight is 484 g/mol. The normalized spacial score (nSPS) is 10.7. The number of methoxy groups -OCH3 is 1. The second kappa shape index (κ2) is 12.4. The number of halogens is 1. The lowest BCUT2D eigenvalue weighted by Gasteiger charge is -2.12. The zero-order valence-corrected chi connectivity index (χ0v) is 19.6. The highest BCUT2D eigenvalue weighted by atomic mass is 35.5. The molecule has 0 saturated heterocycles. The first-order valence-corrected chi connectivity index (χ1v) is 11.0. The first-order valence-electron chi connectivity index (χ1n) is 10.6. The molecule has 3 rings (SSSR count). The number of nitrogens with one attached hydrogen (secondary N) is 3. The second-order valence-electron chi connectivity index (χ2n) is 7.17. The third-order valence-electron chi connectivity index (χ3n) is 4.54. The van der Waals surface area contributed by atoms with E-state index >= 15 is 0 Å². The fraction of sp³-hybridized carbons (Fsp3) is 0.200. The van der Waals surface area contributed by atoms with Crippen LogP contribution in [0.1, 0.15) is 24.7 Å². The number of anilines is 2. The van der Waals surface area contributed by atoms with Crippen LogP contribution in [0.4, 0.5) is 16.2 Å². The summed E-state index contributed by atoms with van der Waals surface area (Å²) in [5.74, 6) is 1.31. The van der Waals surface area contributed by atoms with Gasteiger partial charge in [0.05, 0.1) is 31.5 Å². The summed E-state index contributed by atoms with van der Waals surface area (Å²) in [5, 5.41) is 8.57. The van der Waals surface area contributed by atoms with Crippen molar-refractivity contribution in [2.75, 3.05) is 24.4 Å². The van der Waals surface area contributed by atoms with Gasteiger partial charge in [-0.25, -0.2) is 4.79 Å². The number of hydrogen-bond acceptors (Lipinski definition) is 5. The van der Waals surface area contributed by atoms with Crippen molar-refractivity contribution < 1.29 is 23.5 Å². The van der Waals surface area contributed by atoms with Crippen LogP contribution < -0.4 is 25.4 Å². The molecule has 0 bridgehead atoms. The molecule has 2 aromatic carbocycles. The summed E-state index contributed by atoms with van der Waals surface area (Å²) in [6, 6.07) is 13.4. The van der Waals surface area contributed by atoms with Crippen LogP contribution in [0, 0.1) is 0 Å². The zero-order valence-electron chi connectivity index (χ0n) is 18.9. The third kappa shape index (κ3) is 7.31. The second-order valence-corrected chi connectivity index (χ2v) is 7.58. The Kier molecular flexibility index (Phi) is 8.99. The van der Waals surface area contributed by atoms with E-state index in [-0.39, 0.29) is 18.5 Å². The molecule has 0 aliphatic carbocycles. The topological polar surface area (TPSA) is 102 Å². The lowest BCUT2D eigenvalue weighted by atomic mass is 10.2. The Morgan fingerprint density at radius 3 is 2.47 bits per heavy atom. The quantitative estimate of drug-likeness (QED) is 0.321. The van der Waals surface area contributed by atoms with E-state index in [0.29, 0.717) is 45.8 Å². The number of benzene rings is 2. The van der Waals surface area contributed by atoms with Crippen molar-refractivity contribution >= 4 is 41.0 Å². The molecule has 0 spiro atoms. The van der Waals surface area contributed by atoms with Gasteiger partial charge in [-0.1, -0.05) is 18.5 Å². The number of urea groups is 1. The molecule has 178 valence electrons. The highest BCUT2D eigenvalue weighted by Gasteiger charge is 2.11. The van der Waals surface area contributed by atoms with Crippen molar-refractivity contribution in [2.24, 2.45) is 0 Å². The van der Waals surface area contributed by atoms with Crippen LogP contribution in [0.25, 0.3) is 6.08 Å². The molecule has 3 aromatic rings. The lowest BCUT2D eigenvalue weighted by Crippen LogP contribution is -2.27. The van der Waals surface area contributed by atoms with Crippen LogP contribution in [0.2, 0.25) is 5.02 Å². The van der Waals surface area contributed by atoms with E-state index in [0.717, 1.165) is 6.42 Å². The van der Waals surface area contributed by atoms with Gasteiger partial charge in [0.15, 0.2) is 11.5 Å². The highest BCUT2D eigenvalue weighted by Crippen LogP contribution is 2.36. The molecule has 8 nitrogen and oxygen atoms in total. The standard InChI is InChI=1S/C25H26ClN3O5/c1-3-12-34-24-21(26)14-17(15-22(24)32-2)6-11-23(30)28-18-7-9-19(10-8-18)29-25(31)27-16-20-5-4-13-33-20/h4-11,13-15H,3,12,16H2,1-2H3,(H,28,30)(H2,27,29,31)/b11-6+. The number of rotatable bonds is 10. The third-order valence-corrected chi connectivity index (χ3v) is 4.82. The number of ether oxygens (including phenoxy) is 2. The van der Waals surface area contributed by atoms with Crippen molar-refractivity contribution in [3.05, 3.63) is 77.2 Å². The fourth-order valence-electron chi connectivity index (χ4n) is 2.93. The van der Waals surface area contributed by atoms with E-state index in [1.54, 1.807) is 60.9 Å². The number of carbonyl (C=O) groups is 2. The minimum absolute atomic E-state index is 0.283. The van der Waals surface area contributed by atoms with E-state index in [9.17, 15) is 9.59 Å². The van der Waals surface area contributed by atoms with E-state index < -0.39 is 0 Å². The van der Waals surface area contributed by atoms with Crippen molar-refractivity contribution in [3.63, 3.8) is 0 Å². The summed E-state index contributed by atoms with van der Waals surface area (Å²) in [4.78, 5) is 24.3. The van der Waals surface area contributed by atoms with Crippen LogP contribution in [-0.2, 0) is 11.3 Å². The molecule has 9 heteroatoms. The van der Waals surface area contributed by atoms with Crippen LogP contribution >= 0.6 is 11.6 Å². The number of amides is 3. The summed E-state index contributed by atoms with van der Waals surface area (Å²) in [6.07, 6.45) is 5.41. The first-order chi connectivity index (χ1) is 16.5. The zero-order chi connectivity index (χ0) is 24.3. The van der Waals surface area contributed by atoms with E-state index in [1.807, 2.05) is 6.92 Å². The van der Waals surface area contributed by atoms with Gasteiger partial charge in [0, 0.05) is 17.5 Å². The molecule has 0 unspecified atom stereocenters. The maximum Gasteiger partial charge on any atom is 0.319 e. The molecule has 0 aliphatic rings. The van der Waals surface area contributed by atoms with Crippen molar-refractivity contribution in [2.45, 2.75) is 19.9 Å². The van der Waals surface area contributed by atoms with Gasteiger partial charge in [-0.3, -0.25) is 4.79 Å². The molecule has 0 radical (unpaired) electrons. The SMILES string of the molecule is CCCOc1c(Cl)cc(/C=C/C(=O)Nc2ccc(NC(=O)NCc3ccco3)cc2)cc1OC. The van der Waals surface area contributed by atoms with Crippen LogP contribution in [0.15, 0.2) is 65.3 Å². The summed E-state index contributed by atoms with van der Waals surface area (Å²) in [6.45, 7) is 2.81. The summed E-state index contributed by atoms with van der Waals surface area (Å²) in [5.41, 5.74) is 1.86. The Balaban J connectivity index is 1.53. The number of carbonyl (C=O) groups excluding carboxylic acids is 2. The molecule has 3 amide bonds. The Morgan fingerprint density at radius 2 is 1.82 bits per heavy atom. The number of hydrogen-bond donors (Lipinski definition) is 3. The molecule has 0 aliphatic heterocycles. The molecule has 0 saturated carbocycles. The fourth-order valence-corrected chi connectivity index (χ4v) is 3.20. The van der Waals surface area contributed by atoms with Gasteiger partial charge in [0.25, 0.3) is 0 Å². The Hall–Kier alpha value is -3.91. The summed E-state index contributed by atoms with van der Waals surface area (Å²) in [7, 11) is 1.53. The van der Waals surface area contributed by atoms with Gasteiger partial charge in [0.2, 0.25) is 5.91 Å². The van der Waals surface area contributed by atoms with E-state index in [2.05, 4.69) is 16.0 Å². The first kappa shape index (κ1) is 24.7. The van der Waals surface area contributed by atoms with Crippen LogP contribution in [0.3, 0.4) is 0 Å². The Morgan fingerprint density at radius 1 is 1.09 bits per heavy atom. The van der Waals surface area contributed by atoms with Crippen LogP contribution in [-0.4, -0.2) is 25.7 Å². The summed E-state index contributed by atoms with van der Waals surface area (Å²) >= 11 is 6.31. The predicted octanol–water partition coefficient (Wildman–Crippen LogP) is 5.70. The van der Waals surface area contributed by atoms with Crippen molar-refractivity contribution in [1.29, 1.82) is 0 Å². The molecular formula is C25H26ClN3O5. The maximum absolute atomic E-state index is 12.3. The van der Waals surface area contributed by atoms with E-state index in [1.165, 1.54) is 13.2 Å².